The molecule has 2 aromatic rings. The molecule has 0 saturated carbocycles. The summed E-state index contributed by atoms with van der Waals surface area (Å²) in [6.07, 6.45) is 1.13. The van der Waals surface area contributed by atoms with E-state index in [1.54, 1.807) is 29.2 Å². The van der Waals surface area contributed by atoms with Crippen LogP contribution in [0.5, 0.6) is 0 Å². The first-order chi connectivity index (χ1) is 12.5. The molecule has 0 spiro atoms. The molecule has 0 aromatic heterocycles. The summed E-state index contributed by atoms with van der Waals surface area (Å²) in [7, 11) is 0. The number of rotatable bonds is 6. The third-order valence-corrected chi connectivity index (χ3v) is 4.62. The monoisotopic (exact) mass is 350 g/mol. The van der Waals surface area contributed by atoms with Crippen LogP contribution in [0.2, 0.25) is 0 Å². The molecule has 1 atom stereocenters. The SMILES string of the molecule is CC(=O)c1ccc(C(=O)N[C@@H]2CC(=O)N(CCc3ccccc3)C2)cc1. The standard InChI is InChI=1S/C21H22N2O3/c1-15(24)17-7-9-18(10-8-17)21(26)22-19-13-20(25)23(14-19)12-11-16-5-3-2-4-6-16/h2-10,19H,11-14H2,1H3,(H,22,26)/t19-/m1/s1. The lowest BCUT2D eigenvalue weighted by molar-refractivity contribution is -0.127. The third-order valence-electron chi connectivity index (χ3n) is 4.62. The summed E-state index contributed by atoms with van der Waals surface area (Å²) in [6.45, 7) is 2.68. The van der Waals surface area contributed by atoms with Crippen molar-refractivity contribution >= 4 is 17.6 Å². The predicted octanol–water partition coefficient (Wildman–Crippen LogP) is 2.46. The van der Waals surface area contributed by atoms with Crippen LogP contribution in [0.25, 0.3) is 0 Å². The topological polar surface area (TPSA) is 66.5 Å². The van der Waals surface area contributed by atoms with Crippen LogP contribution < -0.4 is 5.32 Å². The molecule has 1 aliphatic heterocycles. The van der Waals surface area contributed by atoms with Crippen LogP contribution in [0.1, 0.15) is 39.6 Å². The van der Waals surface area contributed by atoms with Gasteiger partial charge >= 0.3 is 0 Å². The first kappa shape index (κ1) is 17.9. The van der Waals surface area contributed by atoms with Crippen LogP contribution in [-0.2, 0) is 11.2 Å². The number of nitrogens with one attached hydrogen (secondary N) is 1. The maximum atomic E-state index is 12.3. The Kier molecular flexibility index (Phi) is 5.46. The van der Waals surface area contributed by atoms with E-state index < -0.39 is 0 Å². The van der Waals surface area contributed by atoms with E-state index in [4.69, 9.17) is 0 Å². The highest BCUT2D eigenvalue weighted by atomic mass is 16.2. The molecule has 1 aliphatic rings. The summed E-state index contributed by atoms with van der Waals surface area (Å²) in [5.41, 5.74) is 2.26. The minimum absolute atomic E-state index is 0.0348. The zero-order chi connectivity index (χ0) is 18.5. The molecular formula is C21H22N2O3. The van der Waals surface area contributed by atoms with E-state index in [-0.39, 0.29) is 23.6 Å². The summed E-state index contributed by atoms with van der Waals surface area (Å²) in [5.74, 6) is -0.187. The fraction of sp³-hybridized carbons (Fsp3) is 0.286. The zero-order valence-corrected chi connectivity index (χ0v) is 14.8. The van der Waals surface area contributed by atoms with Crippen LogP contribution in [0, 0.1) is 0 Å². The first-order valence-electron chi connectivity index (χ1n) is 8.76. The number of nitrogens with zero attached hydrogens (tertiary/aromatic N) is 1. The predicted molar refractivity (Wildman–Crippen MR) is 99.0 cm³/mol. The molecule has 5 nitrogen and oxygen atoms in total. The lowest BCUT2D eigenvalue weighted by Crippen LogP contribution is -2.37. The second-order valence-electron chi connectivity index (χ2n) is 6.58. The van der Waals surface area contributed by atoms with Crippen molar-refractivity contribution in [3.8, 4) is 0 Å². The van der Waals surface area contributed by atoms with Crippen molar-refractivity contribution < 1.29 is 14.4 Å². The first-order valence-corrected chi connectivity index (χ1v) is 8.76. The average molecular weight is 350 g/mol. The summed E-state index contributed by atoms with van der Waals surface area (Å²) in [5, 5.41) is 2.92. The number of carbonyl (C=O) groups excluding carboxylic acids is 3. The van der Waals surface area contributed by atoms with Gasteiger partial charge in [0.1, 0.15) is 0 Å². The Hall–Kier alpha value is -2.95. The van der Waals surface area contributed by atoms with Crippen LogP contribution in [0.3, 0.4) is 0 Å². The number of hydrogen-bond acceptors (Lipinski definition) is 3. The summed E-state index contributed by atoms with van der Waals surface area (Å²) in [4.78, 5) is 37.6. The van der Waals surface area contributed by atoms with Gasteiger partial charge in [-0.15, -0.1) is 0 Å². The van der Waals surface area contributed by atoms with Crippen LogP contribution >= 0.6 is 0 Å². The number of Topliss-reactive ketones (excluding diaryl/α,β-unsaturated/α-hetero) is 1. The quantitative estimate of drug-likeness (QED) is 0.814. The Morgan fingerprint density at radius 1 is 1.04 bits per heavy atom. The van der Waals surface area contributed by atoms with Gasteiger partial charge in [-0.2, -0.15) is 0 Å². The molecule has 0 unspecified atom stereocenters. The van der Waals surface area contributed by atoms with Crippen LogP contribution in [0.15, 0.2) is 54.6 Å². The van der Waals surface area contributed by atoms with Crippen molar-refractivity contribution in [2.45, 2.75) is 25.8 Å². The van der Waals surface area contributed by atoms with Crippen LogP contribution in [0.4, 0.5) is 0 Å². The van der Waals surface area contributed by atoms with Crippen molar-refractivity contribution in [3.05, 3.63) is 71.3 Å². The minimum Gasteiger partial charge on any atom is -0.347 e. The van der Waals surface area contributed by atoms with Gasteiger partial charge in [0.05, 0.1) is 6.04 Å². The molecule has 2 amide bonds. The molecule has 0 aliphatic carbocycles. The van der Waals surface area contributed by atoms with Crippen molar-refractivity contribution in [2.75, 3.05) is 13.1 Å². The Morgan fingerprint density at radius 3 is 2.35 bits per heavy atom. The normalized spacial score (nSPS) is 16.6. The van der Waals surface area contributed by atoms with E-state index in [0.29, 0.717) is 30.6 Å². The van der Waals surface area contributed by atoms with Gasteiger partial charge in [-0.25, -0.2) is 0 Å². The molecule has 134 valence electrons. The van der Waals surface area contributed by atoms with E-state index >= 15 is 0 Å². The van der Waals surface area contributed by atoms with E-state index in [2.05, 4.69) is 5.32 Å². The molecule has 3 rings (SSSR count). The van der Waals surface area contributed by atoms with Gasteiger partial charge in [0.25, 0.3) is 5.91 Å². The molecule has 1 heterocycles. The van der Waals surface area contributed by atoms with Crippen molar-refractivity contribution in [1.82, 2.24) is 10.2 Å². The fourth-order valence-corrected chi connectivity index (χ4v) is 3.12. The Morgan fingerprint density at radius 2 is 1.69 bits per heavy atom. The highest BCUT2D eigenvalue weighted by Gasteiger charge is 2.30. The van der Waals surface area contributed by atoms with Gasteiger partial charge in [0, 0.05) is 30.6 Å². The molecule has 5 heteroatoms. The van der Waals surface area contributed by atoms with Crippen molar-refractivity contribution in [1.29, 1.82) is 0 Å². The lowest BCUT2D eigenvalue weighted by Gasteiger charge is -2.17. The smallest absolute Gasteiger partial charge is 0.251 e. The third kappa shape index (κ3) is 4.36. The highest BCUT2D eigenvalue weighted by Crippen LogP contribution is 2.14. The number of hydrogen-bond donors (Lipinski definition) is 1. The highest BCUT2D eigenvalue weighted by molar-refractivity contribution is 5.98. The van der Waals surface area contributed by atoms with E-state index in [1.165, 1.54) is 12.5 Å². The van der Waals surface area contributed by atoms with Crippen molar-refractivity contribution in [3.63, 3.8) is 0 Å². The Bertz CT molecular complexity index is 800. The number of benzene rings is 2. The van der Waals surface area contributed by atoms with Gasteiger partial charge in [-0.05, 0) is 31.0 Å². The Labute approximate surface area is 153 Å². The molecule has 26 heavy (non-hydrogen) atoms. The molecule has 0 bridgehead atoms. The van der Waals surface area contributed by atoms with E-state index in [0.717, 1.165) is 6.42 Å². The van der Waals surface area contributed by atoms with Gasteiger partial charge in [-0.1, -0.05) is 42.5 Å². The zero-order valence-electron chi connectivity index (χ0n) is 14.8. The summed E-state index contributed by atoms with van der Waals surface area (Å²) >= 11 is 0. The van der Waals surface area contributed by atoms with Gasteiger partial charge in [0.15, 0.2) is 5.78 Å². The number of likely N-dealkylation sites (tertiary alicyclic amines) is 1. The largest absolute Gasteiger partial charge is 0.347 e. The second kappa shape index (κ2) is 7.95. The molecule has 1 saturated heterocycles. The number of carbonyl (C=O) groups is 3. The molecule has 2 aromatic carbocycles. The number of ketones is 1. The molecule has 0 radical (unpaired) electrons. The maximum absolute atomic E-state index is 12.3. The minimum atomic E-state index is -0.220. The van der Waals surface area contributed by atoms with Crippen molar-refractivity contribution in [2.24, 2.45) is 0 Å². The van der Waals surface area contributed by atoms with Gasteiger partial charge in [0.2, 0.25) is 5.91 Å². The Balaban J connectivity index is 1.53. The van der Waals surface area contributed by atoms with E-state index in [1.807, 2.05) is 30.3 Å². The summed E-state index contributed by atoms with van der Waals surface area (Å²) < 4.78 is 0. The van der Waals surface area contributed by atoms with Gasteiger partial charge in [-0.3, -0.25) is 14.4 Å². The van der Waals surface area contributed by atoms with E-state index in [9.17, 15) is 14.4 Å². The molecule has 1 fully saturated rings. The van der Waals surface area contributed by atoms with Crippen LogP contribution in [-0.4, -0.2) is 41.6 Å². The second-order valence-corrected chi connectivity index (χ2v) is 6.58. The fourth-order valence-electron chi connectivity index (χ4n) is 3.12. The maximum Gasteiger partial charge on any atom is 0.251 e. The average Bonchev–Trinajstić information content (AvgIpc) is 3.00. The summed E-state index contributed by atoms with van der Waals surface area (Å²) in [6, 6.07) is 16.4. The molecule has 1 N–H and O–H groups in total. The molecular weight excluding hydrogens is 328 g/mol. The lowest BCUT2D eigenvalue weighted by atomic mass is 10.1. The van der Waals surface area contributed by atoms with Gasteiger partial charge < -0.3 is 10.2 Å². The number of amides is 2.